The molecule has 1 heteroatoms. The molecular weight excluding hydrogens is 95.5 g/mol. The van der Waals surface area contributed by atoms with Gasteiger partial charge in [0, 0.05) is 5.88 Å². The molecule has 0 amide bonds. The molecule has 0 saturated carbocycles. The molecule has 6 heavy (non-hydrogen) atoms. The van der Waals surface area contributed by atoms with E-state index in [9.17, 15) is 0 Å². The lowest BCUT2D eigenvalue weighted by Gasteiger charge is -1.65. The molecule has 0 saturated heterocycles. The third kappa shape index (κ3) is 3.77. The average molecular weight is 103 g/mol. The van der Waals surface area contributed by atoms with E-state index in [2.05, 4.69) is 6.58 Å². The van der Waals surface area contributed by atoms with E-state index in [1.54, 1.807) is 6.08 Å². The summed E-state index contributed by atoms with van der Waals surface area (Å²) in [5, 5.41) is 0. The van der Waals surface area contributed by atoms with Gasteiger partial charge in [-0.2, -0.15) is 0 Å². The molecule has 0 spiro atoms. The topological polar surface area (TPSA) is 0 Å². The van der Waals surface area contributed by atoms with E-state index in [1.165, 1.54) is 0 Å². The molecule has 0 bridgehead atoms. The fourth-order valence-corrected chi connectivity index (χ4v) is 0.251. The van der Waals surface area contributed by atoms with Gasteiger partial charge in [0.25, 0.3) is 0 Å². The number of hydrogen-bond acceptors (Lipinski definition) is 0. The average Bonchev–Trinajstić information content (AvgIpc) is 1.61. The molecule has 0 heterocycles. The van der Waals surface area contributed by atoms with Crippen molar-refractivity contribution in [1.29, 1.82) is 0 Å². The molecule has 34 valence electrons. The largest absolute Gasteiger partial charge is 0.122 e. The van der Waals surface area contributed by atoms with Crippen LogP contribution in [0.25, 0.3) is 0 Å². The lowest BCUT2D eigenvalue weighted by atomic mass is 10.5. The van der Waals surface area contributed by atoms with Gasteiger partial charge >= 0.3 is 0 Å². The minimum Gasteiger partial charge on any atom is -0.122 e. The summed E-state index contributed by atoms with van der Waals surface area (Å²) in [6.45, 7) is 3.45. The van der Waals surface area contributed by atoms with E-state index in [0.29, 0.717) is 5.88 Å². The normalized spacial score (nSPS) is 9.50. The number of halogens is 1. The van der Waals surface area contributed by atoms with E-state index in [4.69, 9.17) is 11.6 Å². The van der Waals surface area contributed by atoms with Crippen molar-refractivity contribution in [1.82, 2.24) is 0 Å². The van der Waals surface area contributed by atoms with Crippen LogP contribution in [0.15, 0.2) is 24.8 Å². The molecule has 0 aromatic heterocycles. The molecule has 0 unspecified atom stereocenters. The Morgan fingerprint density at radius 2 is 2.33 bits per heavy atom. The molecule has 0 radical (unpaired) electrons. The summed E-state index contributed by atoms with van der Waals surface area (Å²) >= 11 is 5.25. The summed E-state index contributed by atoms with van der Waals surface area (Å²) in [5.74, 6) is 0.575. The SMILES string of the molecule is C=C/C=C/CCl. The van der Waals surface area contributed by atoms with E-state index >= 15 is 0 Å². The first-order chi connectivity index (χ1) is 2.91. The summed E-state index contributed by atoms with van der Waals surface area (Å²) < 4.78 is 0. The second-order valence-electron chi connectivity index (χ2n) is 0.818. The third-order valence-corrected chi connectivity index (χ3v) is 0.539. The third-order valence-electron chi connectivity index (χ3n) is 0.361. The van der Waals surface area contributed by atoms with Crippen LogP contribution >= 0.6 is 11.6 Å². The fraction of sp³-hybridized carbons (Fsp3) is 0.200. The number of hydrogen-bond donors (Lipinski definition) is 0. The van der Waals surface area contributed by atoms with Crippen LogP contribution in [0.3, 0.4) is 0 Å². The smallest absolute Gasteiger partial charge is 0.0407 e. The molecule has 0 aliphatic rings. The van der Waals surface area contributed by atoms with Crippen molar-refractivity contribution < 1.29 is 0 Å². The Kier molecular flexibility index (Phi) is 4.59. The van der Waals surface area contributed by atoms with Crippen LogP contribution in [0.5, 0.6) is 0 Å². The van der Waals surface area contributed by atoms with Crippen LogP contribution in [-0.4, -0.2) is 5.88 Å². The first-order valence-corrected chi connectivity index (χ1v) is 2.28. The maximum atomic E-state index is 5.25. The summed E-state index contributed by atoms with van der Waals surface area (Å²) in [6, 6.07) is 0. The zero-order chi connectivity index (χ0) is 4.83. The van der Waals surface area contributed by atoms with E-state index in [0.717, 1.165) is 0 Å². The van der Waals surface area contributed by atoms with Crippen LogP contribution in [0.4, 0.5) is 0 Å². The van der Waals surface area contributed by atoms with Crippen LogP contribution in [-0.2, 0) is 0 Å². The zero-order valence-electron chi connectivity index (χ0n) is 3.52. The van der Waals surface area contributed by atoms with Crippen molar-refractivity contribution in [2.75, 3.05) is 5.88 Å². The molecule has 0 fully saturated rings. The number of rotatable bonds is 2. The zero-order valence-corrected chi connectivity index (χ0v) is 4.28. The van der Waals surface area contributed by atoms with Crippen molar-refractivity contribution in [3.63, 3.8) is 0 Å². The predicted molar refractivity (Wildman–Crippen MR) is 30.1 cm³/mol. The summed E-state index contributed by atoms with van der Waals surface area (Å²) in [4.78, 5) is 0. The number of allylic oxidation sites excluding steroid dienone is 3. The van der Waals surface area contributed by atoms with Gasteiger partial charge in [0.1, 0.15) is 0 Å². The summed E-state index contributed by atoms with van der Waals surface area (Å²) in [5.41, 5.74) is 0. The molecular formula is C5H7Cl. The van der Waals surface area contributed by atoms with Crippen LogP contribution < -0.4 is 0 Å². The van der Waals surface area contributed by atoms with Gasteiger partial charge in [0.15, 0.2) is 0 Å². The molecule has 0 aliphatic heterocycles. The second-order valence-corrected chi connectivity index (χ2v) is 1.13. The van der Waals surface area contributed by atoms with Crippen molar-refractivity contribution >= 4 is 11.6 Å². The van der Waals surface area contributed by atoms with Gasteiger partial charge in [0.05, 0.1) is 0 Å². The minimum atomic E-state index is 0.575. The van der Waals surface area contributed by atoms with Crippen molar-refractivity contribution in [2.24, 2.45) is 0 Å². The highest BCUT2D eigenvalue weighted by molar-refractivity contribution is 6.18. The number of alkyl halides is 1. The molecule has 0 aliphatic carbocycles. The van der Waals surface area contributed by atoms with Gasteiger partial charge in [-0.1, -0.05) is 24.8 Å². The monoisotopic (exact) mass is 102 g/mol. The van der Waals surface area contributed by atoms with Crippen LogP contribution in [0.2, 0.25) is 0 Å². The first kappa shape index (κ1) is 5.77. The van der Waals surface area contributed by atoms with Gasteiger partial charge in [-0.3, -0.25) is 0 Å². The van der Waals surface area contributed by atoms with E-state index in [1.807, 2.05) is 12.2 Å². The molecule has 0 aromatic carbocycles. The van der Waals surface area contributed by atoms with E-state index in [-0.39, 0.29) is 0 Å². The molecule has 0 rings (SSSR count). The molecule has 0 nitrogen and oxygen atoms in total. The summed E-state index contributed by atoms with van der Waals surface area (Å²) in [6.07, 6.45) is 5.34. The standard InChI is InChI=1S/C5H7Cl/c1-2-3-4-5-6/h2-4H,1,5H2/b4-3+. The lowest BCUT2D eigenvalue weighted by Crippen LogP contribution is -1.52. The highest BCUT2D eigenvalue weighted by Crippen LogP contribution is 1.75. The second kappa shape index (κ2) is 4.77. The van der Waals surface area contributed by atoms with Crippen molar-refractivity contribution in [2.45, 2.75) is 0 Å². The molecule has 0 N–H and O–H groups in total. The van der Waals surface area contributed by atoms with Crippen LogP contribution in [0, 0.1) is 0 Å². The Hall–Kier alpha value is -0.230. The van der Waals surface area contributed by atoms with Gasteiger partial charge < -0.3 is 0 Å². The maximum absolute atomic E-state index is 5.25. The Labute approximate surface area is 43.1 Å². The van der Waals surface area contributed by atoms with E-state index < -0.39 is 0 Å². The van der Waals surface area contributed by atoms with Crippen molar-refractivity contribution in [3.05, 3.63) is 24.8 Å². The Bertz CT molecular complexity index is 55.0. The Morgan fingerprint density at radius 3 is 2.50 bits per heavy atom. The van der Waals surface area contributed by atoms with Crippen LogP contribution in [0.1, 0.15) is 0 Å². The quantitative estimate of drug-likeness (QED) is 0.369. The highest BCUT2D eigenvalue weighted by Gasteiger charge is 1.57. The van der Waals surface area contributed by atoms with Gasteiger partial charge in [-0.05, 0) is 0 Å². The van der Waals surface area contributed by atoms with Crippen molar-refractivity contribution in [3.8, 4) is 0 Å². The summed E-state index contributed by atoms with van der Waals surface area (Å²) in [7, 11) is 0. The van der Waals surface area contributed by atoms with Gasteiger partial charge in [0.2, 0.25) is 0 Å². The maximum Gasteiger partial charge on any atom is 0.0407 e. The van der Waals surface area contributed by atoms with Gasteiger partial charge in [-0.25, -0.2) is 0 Å². The Morgan fingerprint density at radius 1 is 1.67 bits per heavy atom. The minimum absolute atomic E-state index is 0.575. The van der Waals surface area contributed by atoms with Gasteiger partial charge in [-0.15, -0.1) is 11.6 Å². The lowest BCUT2D eigenvalue weighted by molar-refractivity contribution is 1.75. The highest BCUT2D eigenvalue weighted by atomic mass is 35.5. The molecule has 0 atom stereocenters. The Balaban J connectivity index is 2.94. The fourth-order valence-electron chi connectivity index (χ4n) is 0.148. The predicted octanol–water partition coefficient (Wildman–Crippen LogP) is 1.97. The first-order valence-electron chi connectivity index (χ1n) is 1.75. The molecule has 0 aromatic rings.